The van der Waals surface area contributed by atoms with E-state index in [2.05, 4.69) is 42.0 Å². The standard InChI is InChI=1S/C14H18BrClFNO/c1-14(2,3)7-9(16)8-18-13(19)10-5-4-6-11(17)12(10)15/h4-6,9H,7-8H2,1-3H3,(H,18,19). The van der Waals surface area contributed by atoms with Gasteiger partial charge in [-0.25, -0.2) is 4.39 Å². The van der Waals surface area contributed by atoms with Gasteiger partial charge in [0.05, 0.1) is 15.4 Å². The number of alkyl halides is 1. The molecule has 2 nitrogen and oxygen atoms in total. The van der Waals surface area contributed by atoms with Crippen LogP contribution in [0.2, 0.25) is 0 Å². The zero-order valence-electron chi connectivity index (χ0n) is 11.3. The van der Waals surface area contributed by atoms with Crippen LogP contribution in [0.5, 0.6) is 0 Å². The summed E-state index contributed by atoms with van der Waals surface area (Å²) in [5.41, 5.74) is 0.385. The van der Waals surface area contributed by atoms with Crippen molar-refractivity contribution in [2.24, 2.45) is 5.41 Å². The summed E-state index contributed by atoms with van der Waals surface area (Å²) in [5.74, 6) is -0.782. The van der Waals surface area contributed by atoms with Crippen molar-refractivity contribution >= 4 is 33.4 Å². The van der Waals surface area contributed by atoms with Crippen LogP contribution < -0.4 is 5.32 Å². The van der Waals surface area contributed by atoms with Gasteiger partial charge in [-0.05, 0) is 39.9 Å². The Hall–Kier alpha value is -0.610. The number of amides is 1. The lowest BCUT2D eigenvalue weighted by atomic mass is 9.90. The molecule has 106 valence electrons. The van der Waals surface area contributed by atoms with Crippen LogP contribution in [0.15, 0.2) is 22.7 Å². The van der Waals surface area contributed by atoms with Gasteiger partial charge in [0, 0.05) is 6.54 Å². The molecule has 0 saturated heterocycles. The molecule has 1 amide bonds. The van der Waals surface area contributed by atoms with E-state index < -0.39 is 5.82 Å². The van der Waals surface area contributed by atoms with Crippen molar-refractivity contribution in [3.8, 4) is 0 Å². The molecule has 0 aliphatic carbocycles. The molecule has 0 aliphatic heterocycles. The van der Waals surface area contributed by atoms with Crippen LogP contribution >= 0.6 is 27.5 Å². The van der Waals surface area contributed by atoms with Gasteiger partial charge >= 0.3 is 0 Å². The molecule has 0 aromatic heterocycles. The van der Waals surface area contributed by atoms with Gasteiger partial charge < -0.3 is 5.32 Å². The number of halogens is 3. The molecular formula is C14H18BrClFNO. The van der Waals surface area contributed by atoms with Gasteiger partial charge in [-0.15, -0.1) is 11.6 Å². The number of rotatable bonds is 4. The van der Waals surface area contributed by atoms with Gasteiger partial charge in [-0.2, -0.15) is 0 Å². The average molecular weight is 351 g/mol. The fraction of sp³-hybridized carbons (Fsp3) is 0.500. The molecular weight excluding hydrogens is 333 g/mol. The molecule has 1 aromatic carbocycles. The highest BCUT2D eigenvalue weighted by Gasteiger charge is 2.18. The van der Waals surface area contributed by atoms with Crippen LogP contribution in [-0.4, -0.2) is 17.8 Å². The molecule has 0 bridgehead atoms. The van der Waals surface area contributed by atoms with E-state index in [1.54, 1.807) is 6.07 Å². The lowest BCUT2D eigenvalue weighted by Crippen LogP contribution is -2.31. The van der Waals surface area contributed by atoms with Gasteiger partial charge in [-0.3, -0.25) is 4.79 Å². The lowest BCUT2D eigenvalue weighted by Gasteiger charge is -2.22. The van der Waals surface area contributed by atoms with Crippen LogP contribution in [0.3, 0.4) is 0 Å². The third kappa shape index (κ3) is 5.49. The molecule has 0 fully saturated rings. The van der Waals surface area contributed by atoms with Gasteiger partial charge in [0.1, 0.15) is 5.82 Å². The fourth-order valence-electron chi connectivity index (χ4n) is 1.71. The van der Waals surface area contributed by atoms with E-state index in [0.717, 1.165) is 6.42 Å². The summed E-state index contributed by atoms with van der Waals surface area (Å²) in [6.07, 6.45) is 0.791. The van der Waals surface area contributed by atoms with E-state index in [0.29, 0.717) is 6.54 Å². The quantitative estimate of drug-likeness (QED) is 0.803. The highest BCUT2D eigenvalue weighted by atomic mass is 79.9. The summed E-state index contributed by atoms with van der Waals surface area (Å²) >= 11 is 9.24. The van der Waals surface area contributed by atoms with Crippen molar-refractivity contribution in [2.45, 2.75) is 32.6 Å². The third-order valence-corrected chi connectivity index (χ3v) is 3.63. The molecule has 1 N–H and O–H groups in total. The second-order valence-electron chi connectivity index (χ2n) is 5.67. The molecule has 1 atom stereocenters. The summed E-state index contributed by atoms with van der Waals surface area (Å²) < 4.78 is 13.5. The number of nitrogens with one attached hydrogen (secondary N) is 1. The predicted octanol–water partition coefficient (Wildman–Crippen LogP) is 4.36. The van der Waals surface area contributed by atoms with Crippen molar-refractivity contribution in [3.63, 3.8) is 0 Å². The van der Waals surface area contributed by atoms with Crippen LogP contribution in [-0.2, 0) is 0 Å². The molecule has 0 radical (unpaired) electrons. The first kappa shape index (κ1) is 16.4. The Morgan fingerprint density at radius 1 is 1.47 bits per heavy atom. The second kappa shape index (κ2) is 6.71. The van der Waals surface area contributed by atoms with Crippen LogP contribution in [0.1, 0.15) is 37.6 Å². The smallest absolute Gasteiger partial charge is 0.252 e. The predicted molar refractivity (Wildman–Crippen MR) is 80.1 cm³/mol. The van der Waals surface area contributed by atoms with Crippen molar-refractivity contribution in [3.05, 3.63) is 34.1 Å². The molecule has 0 spiro atoms. The van der Waals surface area contributed by atoms with E-state index in [1.807, 2.05) is 0 Å². The zero-order valence-corrected chi connectivity index (χ0v) is 13.6. The summed E-state index contributed by atoms with van der Waals surface area (Å²) in [6, 6.07) is 4.36. The fourth-order valence-corrected chi connectivity index (χ4v) is 2.70. The molecule has 1 rings (SSSR count). The first-order chi connectivity index (χ1) is 8.70. The lowest BCUT2D eigenvalue weighted by molar-refractivity contribution is 0.0950. The maximum atomic E-state index is 13.3. The highest BCUT2D eigenvalue weighted by molar-refractivity contribution is 9.10. The minimum absolute atomic E-state index is 0.108. The maximum absolute atomic E-state index is 13.3. The largest absolute Gasteiger partial charge is 0.351 e. The molecule has 1 unspecified atom stereocenters. The van der Waals surface area contributed by atoms with Crippen LogP contribution in [0.4, 0.5) is 4.39 Å². The maximum Gasteiger partial charge on any atom is 0.252 e. The topological polar surface area (TPSA) is 29.1 Å². The Labute approximate surface area is 126 Å². The van der Waals surface area contributed by atoms with Gasteiger partial charge in [0.15, 0.2) is 0 Å². The van der Waals surface area contributed by atoms with Gasteiger partial charge in [0.2, 0.25) is 0 Å². The number of hydrogen-bond donors (Lipinski definition) is 1. The first-order valence-corrected chi connectivity index (χ1v) is 7.30. The second-order valence-corrected chi connectivity index (χ2v) is 7.08. The number of carbonyl (C=O) groups is 1. The Morgan fingerprint density at radius 3 is 2.68 bits per heavy atom. The Bertz CT molecular complexity index is 459. The molecule has 5 heteroatoms. The van der Waals surface area contributed by atoms with Crippen LogP contribution in [0, 0.1) is 11.2 Å². The average Bonchev–Trinajstić information content (AvgIpc) is 2.27. The highest BCUT2D eigenvalue weighted by Crippen LogP contribution is 2.24. The molecule has 0 heterocycles. The number of benzene rings is 1. The molecule has 1 aromatic rings. The van der Waals surface area contributed by atoms with Crippen molar-refractivity contribution in [1.29, 1.82) is 0 Å². The molecule has 19 heavy (non-hydrogen) atoms. The SMILES string of the molecule is CC(C)(C)CC(Cl)CNC(=O)c1cccc(F)c1Br. The minimum Gasteiger partial charge on any atom is -0.351 e. The van der Waals surface area contributed by atoms with E-state index in [-0.39, 0.29) is 26.7 Å². The summed E-state index contributed by atoms with van der Waals surface area (Å²) in [4.78, 5) is 11.9. The Balaban J connectivity index is 2.59. The van der Waals surface area contributed by atoms with E-state index in [4.69, 9.17) is 11.6 Å². The zero-order chi connectivity index (χ0) is 14.6. The van der Waals surface area contributed by atoms with Gasteiger partial charge in [-0.1, -0.05) is 26.8 Å². The summed E-state index contributed by atoms with van der Waals surface area (Å²) in [5, 5.41) is 2.58. The normalized spacial score (nSPS) is 13.2. The number of carbonyl (C=O) groups excluding carboxylic acids is 1. The summed E-state index contributed by atoms with van der Waals surface area (Å²) in [6.45, 7) is 6.63. The first-order valence-electron chi connectivity index (χ1n) is 6.07. The minimum atomic E-state index is -0.454. The van der Waals surface area contributed by atoms with E-state index in [1.165, 1.54) is 12.1 Å². The van der Waals surface area contributed by atoms with Crippen molar-refractivity contribution < 1.29 is 9.18 Å². The van der Waals surface area contributed by atoms with E-state index >= 15 is 0 Å². The summed E-state index contributed by atoms with van der Waals surface area (Å²) in [7, 11) is 0. The number of hydrogen-bond acceptors (Lipinski definition) is 1. The van der Waals surface area contributed by atoms with E-state index in [9.17, 15) is 9.18 Å². The molecule has 0 aliphatic rings. The monoisotopic (exact) mass is 349 g/mol. The molecule has 0 saturated carbocycles. The Morgan fingerprint density at radius 2 is 2.11 bits per heavy atom. The Kier molecular flexibility index (Phi) is 5.81. The van der Waals surface area contributed by atoms with Crippen molar-refractivity contribution in [1.82, 2.24) is 5.32 Å². The van der Waals surface area contributed by atoms with Gasteiger partial charge in [0.25, 0.3) is 5.91 Å². The van der Waals surface area contributed by atoms with Crippen molar-refractivity contribution in [2.75, 3.05) is 6.54 Å². The van der Waals surface area contributed by atoms with Crippen LogP contribution in [0.25, 0.3) is 0 Å². The third-order valence-electron chi connectivity index (χ3n) is 2.51.